The topological polar surface area (TPSA) is 135 Å². The van der Waals surface area contributed by atoms with Crippen molar-refractivity contribution in [2.75, 3.05) is 0 Å². The number of thiazole rings is 1. The smallest absolute Gasteiger partial charge is 0.309 e. The van der Waals surface area contributed by atoms with Crippen molar-refractivity contribution in [1.29, 1.82) is 0 Å². The molecule has 2 aliphatic heterocycles. The highest BCUT2D eigenvalue weighted by Gasteiger charge is 2.53. The maximum absolute atomic E-state index is 13.2. The Balaban J connectivity index is 1.85. The zero-order valence-corrected chi connectivity index (χ0v) is 23.1. The highest BCUT2D eigenvalue weighted by atomic mass is 32.1. The maximum Gasteiger partial charge on any atom is 0.309 e. The zero-order valence-electron chi connectivity index (χ0n) is 22.3. The molecule has 36 heavy (non-hydrogen) atoms. The fourth-order valence-electron chi connectivity index (χ4n) is 5.11. The van der Waals surface area contributed by atoms with Gasteiger partial charge in [-0.3, -0.25) is 9.59 Å². The van der Waals surface area contributed by atoms with Crippen molar-refractivity contribution in [2.45, 2.75) is 110 Å². The van der Waals surface area contributed by atoms with Gasteiger partial charge in [-0.05, 0) is 44.3 Å². The summed E-state index contributed by atoms with van der Waals surface area (Å²) in [6.07, 6.45) is 1.80. The average Bonchev–Trinajstić information content (AvgIpc) is 3.23. The summed E-state index contributed by atoms with van der Waals surface area (Å²) in [4.78, 5) is 30.7. The van der Waals surface area contributed by atoms with E-state index in [0.29, 0.717) is 13.0 Å². The molecular weight excluding hydrogens is 480 g/mol. The van der Waals surface area contributed by atoms with Crippen LogP contribution in [0.4, 0.5) is 0 Å². The number of hydrogen-bond acceptors (Lipinski definition) is 9. The predicted molar refractivity (Wildman–Crippen MR) is 139 cm³/mol. The number of nitrogens with zero attached hydrogens (tertiary/aromatic N) is 1. The van der Waals surface area contributed by atoms with E-state index in [-0.39, 0.29) is 29.8 Å². The lowest BCUT2D eigenvalue weighted by Gasteiger charge is -2.34. The number of carbonyl (C=O) groups excluding carboxylic acids is 2. The van der Waals surface area contributed by atoms with Gasteiger partial charge in [0.1, 0.15) is 16.9 Å². The van der Waals surface area contributed by atoms with E-state index in [4.69, 9.17) is 15.2 Å². The van der Waals surface area contributed by atoms with Crippen molar-refractivity contribution in [3.63, 3.8) is 0 Å². The Bertz CT molecular complexity index is 975. The normalized spacial score (nSPS) is 36.8. The summed E-state index contributed by atoms with van der Waals surface area (Å²) < 4.78 is 11.9. The SMILES string of the molecule is C/C(=C\c1csc(CN)n1)C1C[C@@H]2O[C@]2(C)CCC[C@H](C)[C@H](O)[C@@H](C)C(=O)C(C)(C)[C@@H](O)CC(=O)O1. The highest BCUT2D eigenvalue weighted by Crippen LogP contribution is 2.45. The number of aliphatic hydroxyl groups excluding tert-OH is 2. The second-order valence-electron chi connectivity index (χ2n) is 11.3. The second-order valence-corrected chi connectivity index (χ2v) is 12.3. The fourth-order valence-corrected chi connectivity index (χ4v) is 5.74. The van der Waals surface area contributed by atoms with E-state index in [1.807, 2.05) is 25.3 Å². The highest BCUT2D eigenvalue weighted by molar-refractivity contribution is 7.09. The van der Waals surface area contributed by atoms with Crippen LogP contribution in [0.15, 0.2) is 11.0 Å². The van der Waals surface area contributed by atoms with Crippen LogP contribution in [0.3, 0.4) is 0 Å². The van der Waals surface area contributed by atoms with Crippen LogP contribution < -0.4 is 5.73 Å². The minimum absolute atomic E-state index is 0.0660. The summed E-state index contributed by atoms with van der Waals surface area (Å²) in [7, 11) is 0. The van der Waals surface area contributed by atoms with Crippen molar-refractivity contribution >= 4 is 29.2 Å². The van der Waals surface area contributed by atoms with E-state index in [9.17, 15) is 19.8 Å². The number of nitrogens with two attached hydrogens (primary N) is 1. The molecule has 0 spiro atoms. The van der Waals surface area contributed by atoms with E-state index < -0.39 is 35.6 Å². The number of fused-ring (bicyclic) bond motifs is 1. The third-order valence-electron chi connectivity index (χ3n) is 8.03. The fraction of sp³-hybridized carbons (Fsp3) is 0.741. The van der Waals surface area contributed by atoms with Gasteiger partial charge >= 0.3 is 5.97 Å². The minimum atomic E-state index is -1.24. The number of aromatic nitrogens is 1. The molecule has 0 bridgehead atoms. The Morgan fingerprint density at radius 2 is 1.97 bits per heavy atom. The zero-order chi connectivity index (χ0) is 26.8. The first-order chi connectivity index (χ1) is 16.8. The molecule has 4 N–H and O–H groups in total. The second kappa shape index (κ2) is 11.4. The molecule has 1 aromatic rings. The summed E-state index contributed by atoms with van der Waals surface area (Å²) in [5, 5.41) is 24.5. The molecule has 202 valence electrons. The van der Waals surface area contributed by atoms with E-state index in [1.54, 1.807) is 20.8 Å². The van der Waals surface area contributed by atoms with Gasteiger partial charge in [0.15, 0.2) is 0 Å². The first kappa shape index (κ1) is 28.9. The number of ketones is 1. The average molecular weight is 523 g/mol. The third-order valence-corrected chi connectivity index (χ3v) is 8.92. The lowest BCUT2D eigenvalue weighted by atomic mass is 9.73. The van der Waals surface area contributed by atoms with Crippen LogP contribution in [0.1, 0.15) is 84.3 Å². The van der Waals surface area contributed by atoms with E-state index >= 15 is 0 Å². The van der Waals surface area contributed by atoms with Crippen molar-refractivity contribution in [2.24, 2.45) is 23.0 Å². The molecule has 2 aliphatic rings. The Morgan fingerprint density at radius 1 is 1.28 bits per heavy atom. The van der Waals surface area contributed by atoms with Gasteiger partial charge in [0.25, 0.3) is 0 Å². The Kier molecular flexibility index (Phi) is 9.15. The summed E-state index contributed by atoms with van der Waals surface area (Å²) in [5.41, 5.74) is 5.74. The number of rotatable bonds is 3. The number of cyclic esters (lactones) is 1. The number of hydrogen-bond donors (Lipinski definition) is 3. The van der Waals surface area contributed by atoms with Crippen molar-refractivity contribution in [1.82, 2.24) is 4.98 Å². The summed E-state index contributed by atoms with van der Waals surface area (Å²) in [5.74, 6) is -1.59. The van der Waals surface area contributed by atoms with Crippen molar-refractivity contribution in [3.05, 3.63) is 21.7 Å². The summed E-state index contributed by atoms with van der Waals surface area (Å²) in [6, 6.07) is 0. The molecule has 7 atom stereocenters. The molecule has 0 amide bonds. The van der Waals surface area contributed by atoms with E-state index in [1.165, 1.54) is 11.3 Å². The molecule has 0 saturated carbocycles. The first-order valence-electron chi connectivity index (χ1n) is 12.9. The van der Waals surface area contributed by atoms with Gasteiger partial charge in [0, 0.05) is 24.3 Å². The number of epoxide rings is 1. The number of aliphatic hydroxyl groups is 2. The Hall–Kier alpha value is -1.65. The van der Waals surface area contributed by atoms with Crippen LogP contribution in [0, 0.1) is 17.3 Å². The molecule has 8 nitrogen and oxygen atoms in total. The maximum atomic E-state index is 13.2. The van der Waals surface area contributed by atoms with Gasteiger partial charge in [-0.2, -0.15) is 0 Å². The van der Waals surface area contributed by atoms with Gasteiger partial charge < -0.3 is 25.4 Å². The Morgan fingerprint density at radius 3 is 2.61 bits per heavy atom. The number of ether oxygens (including phenoxy) is 2. The predicted octanol–water partition coefficient (Wildman–Crippen LogP) is 3.63. The number of esters is 1. The quantitative estimate of drug-likeness (QED) is 0.405. The van der Waals surface area contributed by atoms with E-state index in [0.717, 1.165) is 35.5 Å². The number of carbonyl (C=O) groups is 2. The molecule has 1 unspecified atom stereocenters. The third kappa shape index (κ3) is 6.61. The standard InChI is InChI=1S/C27H42N2O6S/c1-15-8-7-9-27(6)21(35-27)11-19(16(2)10-18-14-36-22(13-28)29-18)34-23(31)12-20(30)26(4,5)25(33)17(3)24(15)32/h10,14-15,17,19-21,24,30,32H,7-9,11-13,28H2,1-6H3/b16-10+/t15-,17+,19?,20-,21-,24-,27+/m0/s1. The summed E-state index contributed by atoms with van der Waals surface area (Å²) in [6.45, 7) is 11.2. The van der Waals surface area contributed by atoms with Gasteiger partial charge in [0.2, 0.25) is 0 Å². The van der Waals surface area contributed by atoms with Gasteiger partial charge in [-0.15, -0.1) is 11.3 Å². The monoisotopic (exact) mass is 522 g/mol. The number of Topliss-reactive ketones (excluding diaryl/α,β-unsaturated/α-hetero) is 1. The van der Waals surface area contributed by atoms with E-state index in [2.05, 4.69) is 11.9 Å². The van der Waals surface area contributed by atoms with Gasteiger partial charge in [-0.1, -0.05) is 34.1 Å². The van der Waals surface area contributed by atoms with Gasteiger partial charge in [-0.25, -0.2) is 4.98 Å². The lowest BCUT2D eigenvalue weighted by molar-refractivity contribution is -0.154. The molecule has 0 aromatic carbocycles. The molecule has 9 heteroatoms. The molecule has 3 rings (SSSR count). The van der Waals surface area contributed by atoms with Crippen LogP contribution in [0.2, 0.25) is 0 Å². The van der Waals surface area contributed by atoms with Crippen LogP contribution in [0.5, 0.6) is 0 Å². The van der Waals surface area contributed by atoms with Crippen molar-refractivity contribution < 1.29 is 29.3 Å². The largest absolute Gasteiger partial charge is 0.458 e. The molecule has 1 aromatic heterocycles. The van der Waals surface area contributed by atoms with Gasteiger partial charge in [0.05, 0.1) is 41.4 Å². The molecule has 3 heterocycles. The van der Waals surface area contributed by atoms with Crippen LogP contribution in [0.25, 0.3) is 6.08 Å². The van der Waals surface area contributed by atoms with Crippen molar-refractivity contribution in [3.8, 4) is 0 Å². The van der Waals surface area contributed by atoms with Crippen LogP contribution >= 0.6 is 11.3 Å². The lowest BCUT2D eigenvalue weighted by Crippen LogP contribution is -2.45. The van der Waals surface area contributed by atoms with Crippen LogP contribution in [-0.2, 0) is 25.6 Å². The minimum Gasteiger partial charge on any atom is -0.458 e. The summed E-state index contributed by atoms with van der Waals surface area (Å²) >= 11 is 1.48. The molecular formula is C27H42N2O6S. The first-order valence-corrected chi connectivity index (χ1v) is 13.8. The van der Waals surface area contributed by atoms with Crippen LogP contribution in [-0.4, -0.2) is 57.0 Å². The Labute approximate surface area is 218 Å². The molecule has 2 fully saturated rings. The molecule has 0 radical (unpaired) electrons. The molecule has 0 aliphatic carbocycles. The molecule has 2 saturated heterocycles.